The number of rotatable bonds is 4. The van der Waals surface area contributed by atoms with Crippen LogP contribution >= 0.6 is 11.6 Å². The van der Waals surface area contributed by atoms with Gasteiger partial charge in [-0.2, -0.15) is 19.6 Å². The van der Waals surface area contributed by atoms with Crippen LogP contribution in [0, 0.1) is 12.3 Å². The fourth-order valence-corrected chi connectivity index (χ4v) is 2.37. The van der Waals surface area contributed by atoms with E-state index in [-0.39, 0.29) is 0 Å². The maximum absolute atomic E-state index is 6.12. The Bertz CT molecular complexity index is 587. The van der Waals surface area contributed by atoms with Crippen LogP contribution in [0.4, 0.5) is 5.82 Å². The van der Waals surface area contributed by atoms with Gasteiger partial charge in [0.2, 0.25) is 0 Å². The highest BCUT2D eigenvalue weighted by Crippen LogP contribution is 2.48. The molecule has 0 atom stereocenters. The Morgan fingerprint density at radius 1 is 1.50 bits per heavy atom. The van der Waals surface area contributed by atoms with Crippen molar-refractivity contribution in [3.05, 3.63) is 17.0 Å². The summed E-state index contributed by atoms with van der Waals surface area (Å²) in [4.78, 5) is 8.27. The third-order valence-electron chi connectivity index (χ3n) is 3.94. The van der Waals surface area contributed by atoms with Crippen LogP contribution in [0.25, 0.3) is 5.78 Å². The Morgan fingerprint density at radius 2 is 2.28 bits per heavy atom. The molecule has 18 heavy (non-hydrogen) atoms. The molecule has 1 fully saturated rings. The molecule has 0 unspecified atom stereocenters. The zero-order chi connectivity index (χ0) is 12.8. The van der Waals surface area contributed by atoms with Gasteiger partial charge in [0, 0.05) is 12.1 Å². The van der Waals surface area contributed by atoms with Gasteiger partial charge in [-0.05, 0) is 31.6 Å². The molecule has 0 aliphatic heterocycles. The lowest BCUT2D eigenvalue weighted by molar-refractivity contribution is 0.519. The van der Waals surface area contributed by atoms with Gasteiger partial charge >= 0.3 is 0 Å². The maximum Gasteiger partial charge on any atom is 0.255 e. The first-order valence-corrected chi connectivity index (χ1v) is 6.63. The van der Waals surface area contributed by atoms with Crippen molar-refractivity contribution >= 4 is 23.2 Å². The first-order valence-electron chi connectivity index (χ1n) is 6.25. The summed E-state index contributed by atoms with van der Waals surface area (Å²) < 4.78 is 1.72. The van der Waals surface area contributed by atoms with Crippen LogP contribution in [0.3, 0.4) is 0 Å². The summed E-state index contributed by atoms with van der Waals surface area (Å²) in [5, 5.41) is 8.15. The van der Waals surface area contributed by atoms with Crippen molar-refractivity contribution < 1.29 is 0 Å². The van der Waals surface area contributed by atoms with Gasteiger partial charge in [-0.25, -0.2) is 0 Å². The van der Waals surface area contributed by atoms with Crippen LogP contribution in [0.5, 0.6) is 0 Å². The van der Waals surface area contributed by atoms with Crippen LogP contribution in [0.1, 0.15) is 31.7 Å². The minimum atomic E-state index is 0.467. The topological polar surface area (TPSA) is 55.1 Å². The summed E-state index contributed by atoms with van der Waals surface area (Å²) in [6.45, 7) is 5.15. The van der Waals surface area contributed by atoms with Crippen molar-refractivity contribution in [2.45, 2.75) is 33.1 Å². The summed E-state index contributed by atoms with van der Waals surface area (Å²) in [6, 6.07) is 0. The number of nitrogens with one attached hydrogen (secondary N) is 1. The molecule has 0 spiro atoms. The number of anilines is 1. The van der Waals surface area contributed by atoms with Crippen molar-refractivity contribution in [2.24, 2.45) is 5.41 Å². The van der Waals surface area contributed by atoms with Gasteiger partial charge in [-0.3, -0.25) is 0 Å². The van der Waals surface area contributed by atoms with E-state index in [2.05, 4.69) is 27.3 Å². The molecule has 0 radical (unpaired) electrons. The van der Waals surface area contributed by atoms with Gasteiger partial charge in [0.25, 0.3) is 5.78 Å². The third kappa shape index (κ3) is 1.82. The summed E-state index contributed by atoms with van der Waals surface area (Å²) in [7, 11) is 0. The SMILES string of the molecule is CCC1(CNc2c(C)c(Cl)nc3ncnn23)CC1. The van der Waals surface area contributed by atoms with Crippen LogP contribution in [-0.2, 0) is 0 Å². The van der Waals surface area contributed by atoms with Crippen molar-refractivity contribution in [3.8, 4) is 0 Å². The van der Waals surface area contributed by atoms with Gasteiger partial charge in [0.15, 0.2) is 0 Å². The molecule has 3 rings (SSSR count). The molecular formula is C12H16ClN5. The van der Waals surface area contributed by atoms with E-state index < -0.39 is 0 Å². The van der Waals surface area contributed by atoms with E-state index in [0.717, 1.165) is 17.9 Å². The van der Waals surface area contributed by atoms with E-state index in [9.17, 15) is 0 Å². The maximum atomic E-state index is 6.12. The summed E-state index contributed by atoms with van der Waals surface area (Å²) in [6.07, 6.45) is 5.30. The number of nitrogens with zero attached hydrogens (tertiary/aromatic N) is 4. The largest absolute Gasteiger partial charge is 0.369 e. The monoisotopic (exact) mass is 265 g/mol. The van der Waals surface area contributed by atoms with E-state index in [1.54, 1.807) is 4.52 Å². The Hall–Kier alpha value is -1.36. The van der Waals surface area contributed by atoms with Gasteiger partial charge in [-0.15, -0.1) is 0 Å². The summed E-state index contributed by atoms with van der Waals surface area (Å²) in [5.41, 5.74) is 1.39. The van der Waals surface area contributed by atoms with E-state index in [4.69, 9.17) is 11.6 Å². The van der Waals surface area contributed by atoms with Crippen molar-refractivity contribution in [1.29, 1.82) is 0 Å². The smallest absolute Gasteiger partial charge is 0.255 e. The third-order valence-corrected chi connectivity index (χ3v) is 4.31. The molecule has 5 nitrogen and oxygen atoms in total. The first kappa shape index (κ1) is 11.7. The average molecular weight is 266 g/mol. The Kier molecular flexibility index (Phi) is 2.66. The second-order valence-corrected chi connectivity index (χ2v) is 5.41. The van der Waals surface area contributed by atoms with Gasteiger partial charge in [-0.1, -0.05) is 18.5 Å². The number of hydrogen-bond donors (Lipinski definition) is 1. The average Bonchev–Trinajstić information content (AvgIpc) is 3.01. The summed E-state index contributed by atoms with van der Waals surface area (Å²) in [5.74, 6) is 1.44. The van der Waals surface area contributed by atoms with Crippen LogP contribution in [0.2, 0.25) is 5.15 Å². The molecule has 1 aliphatic carbocycles. The minimum absolute atomic E-state index is 0.467. The molecule has 0 amide bonds. The molecule has 0 aromatic carbocycles. The molecule has 6 heteroatoms. The molecule has 1 aliphatic rings. The van der Waals surface area contributed by atoms with E-state index in [1.165, 1.54) is 25.6 Å². The van der Waals surface area contributed by atoms with E-state index in [0.29, 0.717) is 16.3 Å². The number of hydrogen-bond acceptors (Lipinski definition) is 4. The first-order chi connectivity index (χ1) is 8.65. The van der Waals surface area contributed by atoms with Crippen molar-refractivity contribution in [3.63, 3.8) is 0 Å². The molecule has 1 saturated carbocycles. The number of fused-ring (bicyclic) bond motifs is 1. The molecule has 2 aromatic rings. The highest BCUT2D eigenvalue weighted by molar-refractivity contribution is 6.30. The second-order valence-electron chi connectivity index (χ2n) is 5.06. The predicted octanol–water partition coefficient (Wildman–Crippen LogP) is 2.69. The molecular weight excluding hydrogens is 250 g/mol. The predicted molar refractivity (Wildman–Crippen MR) is 71.0 cm³/mol. The highest BCUT2D eigenvalue weighted by Gasteiger charge is 2.40. The lowest BCUT2D eigenvalue weighted by Crippen LogP contribution is -2.17. The van der Waals surface area contributed by atoms with Gasteiger partial charge in [0.05, 0.1) is 0 Å². The lowest BCUT2D eigenvalue weighted by Gasteiger charge is -2.16. The molecule has 0 bridgehead atoms. The van der Waals surface area contributed by atoms with E-state index >= 15 is 0 Å². The molecule has 1 N–H and O–H groups in total. The molecule has 2 aromatic heterocycles. The fourth-order valence-electron chi connectivity index (χ4n) is 2.21. The van der Waals surface area contributed by atoms with Gasteiger partial charge < -0.3 is 5.32 Å². The zero-order valence-corrected chi connectivity index (χ0v) is 11.3. The molecule has 2 heterocycles. The highest BCUT2D eigenvalue weighted by atomic mass is 35.5. The standard InChI is InChI=1S/C12H16ClN5/c1-3-12(4-5-12)6-14-10-8(2)9(13)17-11-15-7-16-18(10)11/h7,14H,3-6H2,1-2H3. The molecule has 96 valence electrons. The van der Waals surface area contributed by atoms with E-state index in [1.807, 2.05) is 6.92 Å². The lowest BCUT2D eigenvalue weighted by atomic mass is 10.0. The van der Waals surface area contributed by atoms with Crippen molar-refractivity contribution in [2.75, 3.05) is 11.9 Å². The fraction of sp³-hybridized carbons (Fsp3) is 0.583. The van der Waals surface area contributed by atoms with Crippen LogP contribution < -0.4 is 5.32 Å². The quantitative estimate of drug-likeness (QED) is 0.864. The Balaban J connectivity index is 1.94. The van der Waals surface area contributed by atoms with Gasteiger partial charge in [0.1, 0.15) is 17.3 Å². The van der Waals surface area contributed by atoms with Crippen LogP contribution in [-0.4, -0.2) is 26.1 Å². The Labute approximate surface area is 111 Å². The number of aromatic nitrogens is 4. The zero-order valence-electron chi connectivity index (χ0n) is 10.6. The van der Waals surface area contributed by atoms with Crippen LogP contribution in [0.15, 0.2) is 6.33 Å². The normalized spacial score (nSPS) is 17.1. The summed E-state index contributed by atoms with van der Waals surface area (Å²) >= 11 is 6.12. The minimum Gasteiger partial charge on any atom is -0.369 e. The number of halogens is 1. The second kappa shape index (κ2) is 4.09. The van der Waals surface area contributed by atoms with Crippen molar-refractivity contribution in [1.82, 2.24) is 19.6 Å². The Morgan fingerprint density at radius 3 is 2.94 bits per heavy atom. The molecule has 0 saturated heterocycles.